The van der Waals surface area contributed by atoms with Crippen LogP contribution in [0.15, 0.2) is 23.7 Å². The highest BCUT2D eigenvalue weighted by Gasteiger charge is 2.16. The van der Waals surface area contributed by atoms with Crippen LogP contribution in [-0.4, -0.2) is 36.7 Å². The predicted molar refractivity (Wildman–Crippen MR) is 76.0 cm³/mol. The van der Waals surface area contributed by atoms with Crippen LogP contribution < -0.4 is 5.32 Å². The summed E-state index contributed by atoms with van der Waals surface area (Å²) < 4.78 is 10.5. The minimum absolute atomic E-state index is 0.0982. The Morgan fingerprint density at radius 1 is 1.42 bits per heavy atom. The molecule has 0 aliphatic heterocycles. The van der Waals surface area contributed by atoms with Crippen molar-refractivity contribution >= 4 is 11.3 Å². The van der Waals surface area contributed by atoms with E-state index in [1.54, 1.807) is 25.6 Å². The lowest BCUT2D eigenvalue weighted by Gasteiger charge is -2.22. The van der Waals surface area contributed by atoms with Crippen molar-refractivity contribution in [2.45, 2.75) is 25.8 Å². The van der Waals surface area contributed by atoms with Crippen molar-refractivity contribution in [2.75, 3.05) is 14.2 Å². The van der Waals surface area contributed by atoms with Gasteiger partial charge in [-0.15, -0.1) is 11.3 Å². The second-order valence-corrected chi connectivity index (χ2v) is 5.20. The third-order valence-corrected chi connectivity index (χ3v) is 3.86. The summed E-state index contributed by atoms with van der Waals surface area (Å²) in [5.41, 5.74) is 2.21. The number of thiophene rings is 1. The Bertz CT molecular complexity index is 480. The zero-order chi connectivity index (χ0) is 13.7. The molecule has 0 aliphatic rings. The fourth-order valence-electron chi connectivity index (χ4n) is 1.95. The first-order valence-electron chi connectivity index (χ1n) is 6.11. The first-order chi connectivity index (χ1) is 9.26. The second-order valence-electron chi connectivity index (χ2n) is 4.26. The second kappa shape index (κ2) is 6.81. The minimum atomic E-state index is -0.253. The third kappa shape index (κ3) is 3.42. The van der Waals surface area contributed by atoms with Gasteiger partial charge in [-0.3, -0.25) is 5.10 Å². The Kier molecular flexibility index (Phi) is 5.09. The molecule has 1 unspecified atom stereocenters. The molecule has 19 heavy (non-hydrogen) atoms. The van der Waals surface area contributed by atoms with E-state index in [1.807, 2.05) is 19.2 Å². The number of methoxy groups -OCH3 is 2. The smallest absolute Gasteiger partial charge is 0.171 e. The van der Waals surface area contributed by atoms with Crippen molar-refractivity contribution in [1.29, 1.82) is 0 Å². The maximum atomic E-state index is 5.23. The molecule has 2 aromatic rings. The molecular formula is C13H19N3O2S. The minimum Gasteiger partial charge on any atom is -0.354 e. The van der Waals surface area contributed by atoms with Gasteiger partial charge in [0.25, 0.3) is 0 Å². The molecule has 0 bridgehead atoms. The van der Waals surface area contributed by atoms with Gasteiger partial charge in [-0.1, -0.05) is 6.07 Å². The van der Waals surface area contributed by atoms with E-state index in [9.17, 15) is 0 Å². The zero-order valence-corrected chi connectivity index (χ0v) is 12.2. The molecule has 6 heteroatoms. The van der Waals surface area contributed by atoms with Crippen LogP contribution in [-0.2, 0) is 16.0 Å². The molecular weight excluding hydrogens is 262 g/mol. The van der Waals surface area contributed by atoms with Gasteiger partial charge in [-0.05, 0) is 18.4 Å². The highest BCUT2D eigenvalue weighted by molar-refractivity contribution is 7.13. The number of ether oxygens (including phenoxy) is 2. The largest absolute Gasteiger partial charge is 0.354 e. The number of aromatic amines is 1. The van der Waals surface area contributed by atoms with Gasteiger partial charge < -0.3 is 14.8 Å². The molecule has 2 aromatic heterocycles. The van der Waals surface area contributed by atoms with Crippen molar-refractivity contribution in [3.8, 4) is 10.6 Å². The van der Waals surface area contributed by atoms with Crippen LogP contribution in [0.5, 0.6) is 0 Å². The number of hydrogen-bond donors (Lipinski definition) is 2. The first-order valence-corrected chi connectivity index (χ1v) is 6.99. The fraction of sp³-hybridized carbons (Fsp3) is 0.462. The molecule has 2 N–H and O–H groups in total. The highest BCUT2D eigenvalue weighted by Crippen LogP contribution is 2.25. The van der Waals surface area contributed by atoms with E-state index in [1.165, 1.54) is 4.88 Å². The maximum Gasteiger partial charge on any atom is 0.171 e. The van der Waals surface area contributed by atoms with Crippen molar-refractivity contribution in [3.05, 3.63) is 29.3 Å². The molecule has 5 nitrogen and oxygen atoms in total. The van der Waals surface area contributed by atoms with Crippen molar-refractivity contribution in [3.63, 3.8) is 0 Å². The highest BCUT2D eigenvalue weighted by atomic mass is 32.1. The average molecular weight is 281 g/mol. The van der Waals surface area contributed by atoms with Crippen LogP contribution in [0.4, 0.5) is 0 Å². The number of aromatic nitrogens is 2. The molecule has 0 aromatic carbocycles. The molecule has 2 rings (SSSR count). The topological polar surface area (TPSA) is 59.2 Å². The summed E-state index contributed by atoms with van der Waals surface area (Å²) in [4.78, 5) is 1.19. The van der Waals surface area contributed by atoms with E-state index >= 15 is 0 Å². The fourth-order valence-corrected chi connectivity index (χ4v) is 2.71. The summed E-state index contributed by atoms with van der Waals surface area (Å²) in [5.74, 6) is 0. The normalized spacial score (nSPS) is 13.1. The van der Waals surface area contributed by atoms with Gasteiger partial charge in [0.15, 0.2) is 6.29 Å². The molecule has 0 saturated heterocycles. The Labute approximate surface area is 116 Å². The lowest BCUT2D eigenvalue weighted by molar-refractivity contribution is -0.119. The van der Waals surface area contributed by atoms with Gasteiger partial charge >= 0.3 is 0 Å². The number of hydrogen-bond acceptors (Lipinski definition) is 5. The van der Waals surface area contributed by atoms with Gasteiger partial charge in [-0.25, -0.2) is 0 Å². The van der Waals surface area contributed by atoms with Crippen LogP contribution >= 0.6 is 11.3 Å². The van der Waals surface area contributed by atoms with E-state index in [4.69, 9.17) is 9.47 Å². The SMILES string of the molecule is COC(OC)C(C)NCc1cn[nH]c1-c1cccs1. The summed E-state index contributed by atoms with van der Waals surface area (Å²) in [5, 5.41) is 12.6. The first kappa shape index (κ1) is 14.2. The van der Waals surface area contributed by atoms with Gasteiger partial charge in [0.1, 0.15) is 0 Å². The summed E-state index contributed by atoms with van der Waals surface area (Å²) in [6, 6.07) is 4.21. The quantitative estimate of drug-likeness (QED) is 0.764. The maximum absolute atomic E-state index is 5.23. The van der Waals surface area contributed by atoms with Gasteiger partial charge in [-0.2, -0.15) is 5.10 Å². The molecule has 2 heterocycles. The van der Waals surface area contributed by atoms with E-state index in [0.717, 1.165) is 11.3 Å². The molecule has 0 aliphatic carbocycles. The molecule has 104 valence electrons. The van der Waals surface area contributed by atoms with Gasteiger partial charge in [0.2, 0.25) is 0 Å². The van der Waals surface area contributed by atoms with Crippen molar-refractivity contribution in [1.82, 2.24) is 15.5 Å². The molecule has 1 atom stereocenters. The number of rotatable bonds is 7. The zero-order valence-electron chi connectivity index (χ0n) is 11.3. The van der Waals surface area contributed by atoms with Crippen LogP contribution in [0.3, 0.4) is 0 Å². The van der Waals surface area contributed by atoms with E-state index in [0.29, 0.717) is 6.54 Å². The lowest BCUT2D eigenvalue weighted by atomic mass is 10.2. The molecule has 0 spiro atoms. The molecule has 0 saturated carbocycles. The summed E-state index contributed by atoms with van der Waals surface area (Å²) in [7, 11) is 3.28. The monoisotopic (exact) mass is 281 g/mol. The summed E-state index contributed by atoms with van der Waals surface area (Å²) in [6.07, 6.45) is 1.60. The summed E-state index contributed by atoms with van der Waals surface area (Å²) in [6.45, 7) is 2.75. The van der Waals surface area contributed by atoms with Crippen molar-refractivity contribution < 1.29 is 9.47 Å². The Balaban J connectivity index is 1.99. The molecule has 0 radical (unpaired) electrons. The number of nitrogens with one attached hydrogen (secondary N) is 2. The van der Waals surface area contributed by atoms with Crippen LogP contribution in [0.25, 0.3) is 10.6 Å². The Morgan fingerprint density at radius 2 is 2.21 bits per heavy atom. The average Bonchev–Trinajstić information content (AvgIpc) is 3.08. The predicted octanol–water partition coefficient (Wildman–Crippen LogP) is 2.24. The van der Waals surface area contributed by atoms with Gasteiger partial charge in [0.05, 0.1) is 22.8 Å². The number of H-pyrrole nitrogens is 1. The van der Waals surface area contributed by atoms with Crippen LogP contribution in [0.1, 0.15) is 12.5 Å². The molecule has 0 fully saturated rings. The van der Waals surface area contributed by atoms with Crippen LogP contribution in [0, 0.1) is 0 Å². The van der Waals surface area contributed by atoms with Gasteiger partial charge in [0, 0.05) is 26.3 Å². The Morgan fingerprint density at radius 3 is 2.84 bits per heavy atom. The standard InChI is InChI=1S/C13H19N3O2S/c1-9(13(17-2)18-3)14-7-10-8-15-16-12(10)11-5-4-6-19-11/h4-6,8-9,13-14H,7H2,1-3H3,(H,15,16). The lowest BCUT2D eigenvalue weighted by Crippen LogP contribution is -2.39. The Hall–Kier alpha value is -1.21. The number of nitrogens with zero attached hydrogens (tertiary/aromatic N) is 1. The van der Waals surface area contributed by atoms with Crippen molar-refractivity contribution in [2.24, 2.45) is 0 Å². The third-order valence-electron chi connectivity index (χ3n) is 2.97. The van der Waals surface area contributed by atoms with Crippen LogP contribution in [0.2, 0.25) is 0 Å². The summed E-state index contributed by atoms with van der Waals surface area (Å²) >= 11 is 1.70. The van der Waals surface area contributed by atoms with E-state index < -0.39 is 0 Å². The van der Waals surface area contributed by atoms with E-state index in [-0.39, 0.29) is 12.3 Å². The van der Waals surface area contributed by atoms with E-state index in [2.05, 4.69) is 27.0 Å². The molecule has 0 amide bonds.